The largest absolute Gasteiger partial charge is 0.372 e. The first kappa shape index (κ1) is 20.7. The van der Waals surface area contributed by atoms with Gasteiger partial charge in [0.05, 0.1) is 12.7 Å². The topological polar surface area (TPSA) is 87.3 Å². The minimum atomic E-state index is -0.634. The van der Waals surface area contributed by atoms with Gasteiger partial charge in [0.1, 0.15) is 10.7 Å². The molecular weight excluding hydrogens is 411 g/mol. The summed E-state index contributed by atoms with van der Waals surface area (Å²) in [5.41, 5.74) is 2.89. The summed E-state index contributed by atoms with van der Waals surface area (Å²) in [5.74, 6) is -1.05. The number of pyridine rings is 2. The van der Waals surface area contributed by atoms with E-state index in [1.54, 1.807) is 12.1 Å². The highest BCUT2D eigenvalue weighted by Crippen LogP contribution is 2.26. The average Bonchev–Trinajstić information content (AvgIpc) is 2.75. The molecule has 0 radical (unpaired) electrons. The van der Waals surface area contributed by atoms with Crippen LogP contribution in [0.2, 0.25) is 5.02 Å². The van der Waals surface area contributed by atoms with Gasteiger partial charge in [0.2, 0.25) is 5.95 Å². The lowest BCUT2D eigenvalue weighted by Crippen LogP contribution is -2.39. The zero-order chi connectivity index (χ0) is 21.3. The third kappa shape index (κ3) is 4.30. The highest BCUT2D eigenvalue weighted by molar-refractivity contribution is 6.30. The van der Waals surface area contributed by atoms with Gasteiger partial charge in [-0.25, -0.2) is 4.98 Å². The van der Waals surface area contributed by atoms with Crippen LogP contribution < -0.4 is 10.9 Å². The van der Waals surface area contributed by atoms with Crippen LogP contribution in [0.3, 0.4) is 0 Å². The maximum Gasteiger partial charge on any atom is 0.269 e. The summed E-state index contributed by atoms with van der Waals surface area (Å²) in [7, 11) is 1.48. The number of H-pyrrole nitrogens is 1. The van der Waals surface area contributed by atoms with Crippen LogP contribution in [0.15, 0.2) is 29.1 Å². The van der Waals surface area contributed by atoms with Crippen LogP contribution in [0.25, 0.3) is 5.57 Å². The number of carbonyl (C=O) groups is 1. The number of fused-ring (bicyclic) bond motifs is 1. The number of aromatic nitrogens is 2. The zero-order valence-corrected chi connectivity index (χ0v) is 17.3. The standard InChI is InChI=1S/C21H22ClFN4O3/c1-24-21(29)17-3-2-15(19(23)25-17)12-4-6-27(7-5-12)10-14-9-18-13(11-30-14)8-16(22)20(28)26-18/h2-4,8,14H,5-7,9-11H2,1H3,(H,24,29)(H,26,28). The number of hydrogen-bond donors (Lipinski definition) is 2. The Kier molecular flexibility index (Phi) is 5.99. The lowest BCUT2D eigenvalue weighted by molar-refractivity contribution is 0.00554. The van der Waals surface area contributed by atoms with Gasteiger partial charge in [-0.1, -0.05) is 17.7 Å². The van der Waals surface area contributed by atoms with Crippen molar-refractivity contribution in [3.63, 3.8) is 0 Å². The van der Waals surface area contributed by atoms with Crippen LogP contribution >= 0.6 is 11.6 Å². The fraction of sp³-hybridized carbons (Fsp3) is 0.381. The number of nitrogens with zero attached hydrogens (tertiary/aromatic N) is 2. The molecule has 2 aliphatic heterocycles. The molecule has 1 amide bonds. The summed E-state index contributed by atoms with van der Waals surface area (Å²) < 4.78 is 20.3. The molecule has 158 valence electrons. The van der Waals surface area contributed by atoms with Crippen molar-refractivity contribution in [3.8, 4) is 0 Å². The monoisotopic (exact) mass is 432 g/mol. The predicted molar refractivity (Wildman–Crippen MR) is 111 cm³/mol. The van der Waals surface area contributed by atoms with Crippen molar-refractivity contribution in [1.82, 2.24) is 20.2 Å². The van der Waals surface area contributed by atoms with E-state index in [0.29, 0.717) is 38.1 Å². The molecule has 0 saturated carbocycles. The van der Waals surface area contributed by atoms with Crippen molar-refractivity contribution in [2.24, 2.45) is 0 Å². The molecule has 7 nitrogen and oxygen atoms in total. The van der Waals surface area contributed by atoms with Crippen LogP contribution in [0.1, 0.15) is 33.7 Å². The van der Waals surface area contributed by atoms with E-state index >= 15 is 0 Å². The summed E-state index contributed by atoms with van der Waals surface area (Å²) in [4.78, 5) is 32.2. The lowest BCUT2D eigenvalue weighted by atomic mass is 9.99. The Balaban J connectivity index is 1.39. The van der Waals surface area contributed by atoms with Gasteiger partial charge in [-0.15, -0.1) is 0 Å². The summed E-state index contributed by atoms with van der Waals surface area (Å²) in [6, 6.07) is 4.81. The first-order chi connectivity index (χ1) is 14.4. The highest BCUT2D eigenvalue weighted by atomic mass is 35.5. The van der Waals surface area contributed by atoms with Gasteiger partial charge in [0, 0.05) is 44.4 Å². The molecule has 0 saturated heterocycles. The first-order valence-corrected chi connectivity index (χ1v) is 10.1. The SMILES string of the molecule is CNC(=O)c1ccc(C2=CCN(CC3Cc4[nH]c(=O)c(Cl)cc4CO3)CC2)c(F)n1. The van der Waals surface area contributed by atoms with Crippen LogP contribution in [-0.4, -0.2) is 53.6 Å². The second kappa shape index (κ2) is 8.67. The molecule has 2 N–H and O–H groups in total. The quantitative estimate of drug-likeness (QED) is 0.723. The van der Waals surface area contributed by atoms with Crippen molar-refractivity contribution in [2.75, 3.05) is 26.7 Å². The van der Waals surface area contributed by atoms with Crippen molar-refractivity contribution in [3.05, 3.63) is 68.1 Å². The molecule has 4 heterocycles. The molecule has 2 aliphatic rings. The molecule has 2 aromatic heterocycles. The van der Waals surface area contributed by atoms with E-state index in [4.69, 9.17) is 16.3 Å². The Morgan fingerprint density at radius 2 is 2.30 bits per heavy atom. The molecule has 30 heavy (non-hydrogen) atoms. The van der Waals surface area contributed by atoms with Gasteiger partial charge in [-0.2, -0.15) is 4.39 Å². The highest BCUT2D eigenvalue weighted by Gasteiger charge is 2.25. The van der Waals surface area contributed by atoms with Crippen LogP contribution in [0.5, 0.6) is 0 Å². The molecule has 2 aromatic rings. The molecular formula is C21H22ClFN4O3. The average molecular weight is 433 g/mol. The fourth-order valence-corrected chi connectivity index (χ4v) is 4.02. The first-order valence-electron chi connectivity index (χ1n) is 9.77. The van der Waals surface area contributed by atoms with Crippen molar-refractivity contribution in [1.29, 1.82) is 0 Å². The molecule has 1 atom stereocenters. The number of rotatable bonds is 4. The van der Waals surface area contributed by atoms with Crippen LogP contribution in [0.4, 0.5) is 4.39 Å². The smallest absolute Gasteiger partial charge is 0.269 e. The van der Waals surface area contributed by atoms with E-state index < -0.39 is 11.9 Å². The minimum absolute atomic E-state index is 0.0329. The van der Waals surface area contributed by atoms with Gasteiger partial charge in [0.15, 0.2) is 0 Å². The summed E-state index contributed by atoms with van der Waals surface area (Å²) >= 11 is 5.88. The van der Waals surface area contributed by atoms with Crippen molar-refractivity contribution in [2.45, 2.75) is 25.6 Å². The molecule has 0 aromatic carbocycles. The maximum absolute atomic E-state index is 14.4. The second-order valence-electron chi connectivity index (χ2n) is 7.44. The Labute approximate surface area is 177 Å². The molecule has 0 fully saturated rings. The number of halogens is 2. The Morgan fingerprint density at radius 1 is 1.47 bits per heavy atom. The zero-order valence-electron chi connectivity index (χ0n) is 16.5. The Bertz CT molecular complexity index is 1070. The van der Waals surface area contributed by atoms with Gasteiger partial charge in [0.25, 0.3) is 11.5 Å². The van der Waals surface area contributed by atoms with E-state index in [2.05, 4.69) is 20.2 Å². The van der Waals surface area contributed by atoms with Crippen molar-refractivity contribution >= 4 is 23.1 Å². The Hall–Kier alpha value is -2.55. The summed E-state index contributed by atoms with van der Waals surface area (Å²) in [6.07, 6.45) is 3.25. The second-order valence-corrected chi connectivity index (χ2v) is 7.85. The van der Waals surface area contributed by atoms with E-state index in [1.807, 2.05) is 6.08 Å². The fourth-order valence-electron chi connectivity index (χ4n) is 3.84. The normalized spacial score (nSPS) is 19.2. The summed E-state index contributed by atoms with van der Waals surface area (Å²) in [6.45, 7) is 2.55. The molecule has 0 spiro atoms. The number of aromatic amines is 1. The predicted octanol–water partition coefficient (Wildman–Crippen LogP) is 2.15. The minimum Gasteiger partial charge on any atom is -0.372 e. The molecule has 0 bridgehead atoms. The number of nitrogens with one attached hydrogen (secondary N) is 2. The lowest BCUT2D eigenvalue weighted by Gasteiger charge is -2.32. The van der Waals surface area contributed by atoms with Crippen LogP contribution in [-0.2, 0) is 17.8 Å². The molecule has 9 heteroatoms. The molecule has 1 unspecified atom stereocenters. The summed E-state index contributed by atoms with van der Waals surface area (Å²) in [5, 5.41) is 2.61. The number of hydrogen-bond acceptors (Lipinski definition) is 5. The number of amides is 1. The van der Waals surface area contributed by atoms with Gasteiger partial charge in [-0.3, -0.25) is 14.5 Å². The van der Waals surface area contributed by atoms with Crippen molar-refractivity contribution < 1.29 is 13.9 Å². The van der Waals surface area contributed by atoms with Gasteiger partial charge < -0.3 is 15.0 Å². The van der Waals surface area contributed by atoms with Crippen LogP contribution in [0, 0.1) is 5.95 Å². The van der Waals surface area contributed by atoms with E-state index in [-0.39, 0.29) is 22.4 Å². The number of ether oxygens (including phenoxy) is 1. The van der Waals surface area contributed by atoms with E-state index in [1.165, 1.54) is 13.1 Å². The number of carbonyl (C=O) groups excluding carboxylic acids is 1. The maximum atomic E-state index is 14.4. The van der Waals surface area contributed by atoms with Gasteiger partial charge in [-0.05, 0) is 35.8 Å². The molecule has 4 rings (SSSR count). The Morgan fingerprint density at radius 3 is 3.00 bits per heavy atom. The van der Waals surface area contributed by atoms with E-state index in [0.717, 1.165) is 23.4 Å². The molecule has 0 aliphatic carbocycles. The third-order valence-electron chi connectivity index (χ3n) is 5.49. The van der Waals surface area contributed by atoms with Gasteiger partial charge >= 0.3 is 0 Å². The van der Waals surface area contributed by atoms with E-state index in [9.17, 15) is 14.0 Å². The third-order valence-corrected chi connectivity index (χ3v) is 5.77.